The van der Waals surface area contributed by atoms with Crippen LogP contribution in [0, 0.1) is 5.82 Å². The molecule has 6 rings (SSSR count). The van der Waals surface area contributed by atoms with E-state index in [0.29, 0.717) is 30.6 Å². The van der Waals surface area contributed by atoms with Crippen LogP contribution in [0.25, 0.3) is 10.2 Å². The van der Waals surface area contributed by atoms with Crippen LogP contribution < -0.4 is 5.32 Å². The largest absolute Gasteiger partial charge is 0.340 e. The van der Waals surface area contributed by atoms with Crippen molar-refractivity contribution in [3.05, 3.63) is 88.0 Å². The number of carbonyl (C=O) groups excluding carboxylic acids is 1. The van der Waals surface area contributed by atoms with Gasteiger partial charge in [0.05, 0.1) is 17.0 Å². The third-order valence-corrected chi connectivity index (χ3v) is 8.34. The van der Waals surface area contributed by atoms with Crippen LogP contribution in [-0.4, -0.2) is 49.8 Å². The van der Waals surface area contributed by atoms with E-state index < -0.39 is 5.82 Å². The first-order chi connectivity index (χ1) is 18.5. The number of anilines is 2. The van der Waals surface area contributed by atoms with E-state index in [-0.39, 0.29) is 10.9 Å². The van der Waals surface area contributed by atoms with Crippen molar-refractivity contribution in [2.24, 2.45) is 0 Å². The van der Waals surface area contributed by atoms with Gasteiger partial charge in [-0.1, -0.05) is 17.7 Å². The predicted molar refractivity (Wildman–Crippen MR) is 148 cm³/mol. The number of benzene rings is 1. The fourth-order valence-electron chi connectivity index (χ4n) is 4.82. The second-order valence-electron chi connectivity index (χ2n) is 9.59. The van der Waals surface area contributed by atoms with Gasteiger partial charge in [0.2, 0.25) is 5.91 Å². The first-order valence-corrected chi connectivity index (χ1v) is 13.8. The summed E-state index contributed by atoms with van der Waals surface area (Å²) in [5.74, 6) is 0.216. The van der Waals surface area contributed by atoms with E-state index in [1.54, 1.807) is 23.5 Å². The molecular formula is C28H26ClFN6OS. The molecule has 10 heteroatoms. The molecule has 0 bridgehead atoms. The number of fused-ring (bicyclic) bond motifs is 3. The lowest BCUT2D eigenvalue weighted by atomic mass is 10.0. The second-order valence-corrected chi connectivity index (χ2v) is 11.1. The molecule has 4 aromatic rings. The van der Waals surface area contributed by atoms with E-state index in [4.69, 9.17) is 11.6 Å². The van der Waals surface area contributed by atoms with Gasteiger partial charge in [0, 0.05) is 54.7 Å². The lowest BCUT2D eigenvalue weighted by Crippen LogP contribution is -2.34. The van der Waals surface area contributed by atoms with Crippen LogP contribution >= 0.6 is 22.9 Å². The Morgan fingerprint density at radius 2 is 2.08 bits per heavy atom. The molecule has 0 unspecified atom stereocenters. The third kappa shape index (κ3) is 5.41. The Morgan fingerprint density at radius 1 is 1.24 bits per heavy atom. The molecule has 2 aliphatic rings. The van der Waals surface area contributed by atoms with Crippen LogP contribution in [-0.2, 0) is 24.3 Å². The van der Waals surface area contributed by atoms with Gasteiger partial charge in [0.25, 0.3) is 0 Å². The molecule has 1 amide bonds. The summed E-state index contributed by atoms with van der Waals surface area (Å²) in [7, 11) is 0. The smallest absolute Gasteiger partial charge is 0.246 e. The van der Waals surface area contributed by atoms with Crippen molar-refractivity contribution >= 4 is 50.6 Å². The van der Waals surface area contributed by atoms with Crippen molar-refractivity contribution in [3.8, 4) is 0 Å². The Hall–Kier alpha value is -3.40. The Balaban J connectivity index is 1.14. The number of rotatable bonds is 8. The molecule has 1 aliphatic carbocycles. The number of pyridine rings is 1. The topological polar surface area (TPSA) is 74.2 Å². The van der Waals surface area contributed by atoms with Gasteiger partial charge in [-0.2, -0.15) is 0 Å². The minimum Gasteiger partial charge on any atom is -0.340 e. The Morgan fingerprint density at radius 3 is 2.87 bits per heavy atom. The highest BCUT2D eigenvalue weighted by atomic mass is 35.5. The highest BCUT2D eigenvalue weighted by molar-refractivity contribution is 7.19. The molecular weight excluding hydrogens is 523 g/mol. The van der Waals surface area contributed by atoms with Crippen molar-refractivity contribution in [1.82, 2.24) is 24.8 Å². The van der Waals surface area contributed by atoms with Crippen molar-refractivity contribution in [2.45, 2.75) is 38.4 Å². The zero-order chi connectivity index (χ0) is 26.1. The van der Waals surface area contributed by atoms with Gasteiger partial charge in [-0.05, 0) is 60.7 Å². The first-order valence-electron chi connectivity index (χ1n) is 12.6. The minimum absolute atomic E-state index is 0.0261. The fraction of sp³-hybridized carbons (Fsp3) is 0.286. The summed E-state index contributed by atoms with van der Waals surface area (Å²) in [4.78, 5) is 32.3. The number of carbonyl (C=O) groups is 1. The van der Waals surface area contributed by atoms with E-state index in [9.17, 15) is 9.18 Å². The molecule has 194 valence electrons. The van der Waals surface area contributed by atoms with E-state index in [2.05, 4.69) is 25.2 Å². The van der Waals surface area contributed by atoms with E-state index in [1.165, 1.54) is 36.9 Å². The van der Waals surface area contributed by atoms with Crippen molar-refractivity contribution in [2.75, 3.05) is 18.4 Å². The van der Waals surface area contributed by atoms with Gasteiger partial charge in [-0.25, -0.2) is 14.4 Å². The van der Waals surface area contributed by atoms with Crippen LogP contribution in [0.3, 0.4) is 0 Å². The summed E-state index contributed by atoms with van der Waals surface area (Å²) in [5, 5.41) is 4.26. The first kappa shape index (κ1) is 24.9. The number of hydrogen-bond acceptors (Lipinski definition) is 7. The maximum atomic E-state index is 13.6. The Kier molecular flexibility index (Phi) is 7.06. The summed E-state index contributed by atoms with van der Waals surface area (Å²) in [6.07, 6.45) is 12.0. The predicted octanol–water partition coefficient (Wildman–Crippen LogP) is 5.73. The van der Waals surface area contributed by atoms with Gasteiger partial charge in [-0.15, -0.1) is 11.3 Å². The monoisotopic (exact) mass is 548 g/mol. The molecule has 0 saturated heterocycles. The molecule has 1 N–H and O–H groups in total. The quantitative estimate of drug-likeness (QED) is 0.284. The highest BCUT2D eigenvalue weighted by Crippen LogP contribution is 2.38. The highest BCUT2D eigenvalue weighted by Gasteiger charge is 2.29. The van der Waals surface area contributed by atoms with Gasteiger partial charge in [0.15, 0.2) is 0 Å². The standard InChI is InChI=1S/C28H26ClFN6OS/c29-22-14-19(3-6-23(22)30)34-27-26-21-9-13-36(16-24(21)38-28(26)33-17-32-27)25(37)2-1-12-35(20-4-5-20)15-18-7-10-31-11-8-18/h1-3,6-8,10-11,14,17,20H,4-5,9,12-13,15-16H2,(H,32,33,34)/b2-1+. The summed E-state index contributed by atoms with van der Waals surface area (Å²) in [5.41, 5.74) is 3.05. The average molecular weight is 549 g/mol. The maximum absolute atomic E-state index is 13.6. The number of halogens is 2. The lowest BCUT2D eigenvalue weighted by molar-refractivity contribution is -0.126. The van der Waals surface area contributed by atoms with Crippen LogP contribution in [0.1, 0.15) is 28.8 Å². The Labute approximate surface area is 229 Å². The number of thiophene rings is 1. The van der Waals surface area contributed by atoms with Gasteiger partial charge < -0.3 is 10.2 Å². The van der Waals surface area contributed by atoms with Crippen LogP contribution in [0.4, 0.5) is 15.9 Å². The number of nitrogens with one attached hydrogen (secondary N) is 1. The number of hydrogen-bond donors (Lipinski definition) is 1. The van der Waals surface area contributed by atoms with Gasteiger partial charge in [-0.3, -0.25) is 14.7 Å². The molecule has 4 heterocycles. The summed E-state index contributed by atoms with van der Waals surface area (Å²) in [6.45, 7) is 2.79. The van der Waals surface area contributed by atoms with Gasteiger partial charge in [0.1, 0.15) is 22.8 Å². The zero-order valence-electron chi connectivity index (χ0n) is 20.6. The van der Waals surface area contributed by atoms with Crippen molar-refractivity contribution in [1.29, 1.82) is 0 Å². The summed E-state index contributed by atoms with van der Waals surface area (Å²) < 4.78 is 13.6. The van der Waals surface area contributed by atoms with Crippen LogP contribution in [0.5, 0.6) is 0 Å². The molecule has 0 radical (unpaired) electrons. The van der Waals surface area contributed by atoms with Crippen molar-refractivity contribution in [3.63, 3.8) is 0 Å². The van der Waals surface area contributed by atoms with Gasteiger partial charge >= 0.3 is 0 Å². The fourth-order valence-corrected chi connectivity index (χ4v) is 6.20. The van der Waals surface area contributed by atoms with E-state index in [1.807, 2.05) is 35.5 Å². The van der Waals surface area contributed by atoms with E-state index in [0.717, 1.165) is 40.2 Å². The van der Waals surface area contributed by atoms with Crippen molar-refractivity contribution < 1.29 is 9.18 Å². The normalized spacial score (nSPS) is 15.4. The zero-order valence-corrected chi connectivity index (χ0v) is 22.2. The Bertz CT molecular complexity index is 1510. The SMILES string of the molecule is O=C(/C=C/CN(Cc1ccncc1)C1CC1)N1CCc2c(sc3ncnc(Nc4ccc(F)c(Cl)c4)c23)C1. The number of amides is 1. The minimum atomic E-state index is -0.467. The number of nitrogens with zero attached hydrogens (tertiary/aromatic N) is 5. The van der Waals surface area contributed by atoms with Crippen LogP contribution in [0.2, 0.25) is 5.02 Å². The van der Waals surface area contributed by atoms with E-state index >= 15 is 0 Å². The maximum Gasteiger partial charge on any atom is 0.246 e. The molecule has 1 aliphatic heterocycles. The molecule has 38 heavy (non-hydrogen) atoms. The molecule has 1 aromatic carbocycles. The molecule has 0 atom stereocenters. The molecule has 7 nitrogen and oxygen atoms in total. The molecule has 3 aromatic heterocycles. The molecule has 0 spiro atoms. The average Bonchev–Trinajstić information content (AvgIpc) is 3.70. The second kappa shape index (κ2) is 10.8. The number of aromatic nitrogens is 3. The lowest BCUT2D eigenvalue weighted by Gasteiger charge is -2.26. The third-order valence-electron chi connectivity index (χ3n) is 6.93. The van der Waals surface area contributed by atoms with Crippen LogP contribution in [0.15, 0.2) is 61.2 Å². The molecule has 1 saturated carbocycles. The summed E-state index contributed by atoms with van der Waals surface area (Å²) in [6, 6.07) is 9.17. The summed E-state index contributed by atoms with van der Waals surface area (Å²) >= 11 is 7.54. The molecule has 1 fully saturated rings.